The summed E-state index contributed by atoms with van der Waals surface area (Å²) in [5.74, 6) is 1.33. The van der Waals surface area contributed by atoms with Gasteiger partial charge < -0.3 is 20.5 Å². The molecule has 0 aromatic heterocycles. The molecule has 8 heteroatoms. The Morgan fingerprint density at radius 1 is 1.39 bits per heavy atom. The molecule has 2 saturated heterocycles. The van der Waals surface area contributed by atoms with Gasteiger partial charge in [0.15, 0.2) is 5.96 Å². The zero-order valence-corrected chi connectivity index (χ0v) is 21.9. The molecule has 1 aromatic carbocycles. The largest absolute Gasteiger partial charge is 0.396 e. The van der Waals surface area contributed by atoms with E-state index in [0.29, 0.717) is 25.1 Å². The van der Waals surface area contributed by atoms with Crippen molar-refractivity contribution in [2.24, 2.45) is 16.3 Å². The van der Waals surface area contributed by atoms with E-state index in [1.807, 2.05) is 12.1 Å². The quantitative estimate of drug-likeness (QED) is 0.255. The molecule has 0 bridgehead atoms. The van der Waals surface area contributed by atoms with Crippen LogP contribution in [0.5, 0.6) is 0 Å². The summed E-state index contributed by atoms with van der Waals surface area (Å²) >= 11 is 6.28. The maximum Gasteiger partial charge on any atom is 0.191 e. The second-order valence-electron chi connectivity index (χ2n) is 8.74. The van der Waals surface area contributed by atoms with Crippen LogP contribution in [0.4, 0.5) is 0 Å². The van der Waals surface area contributed by atoms with E-state index in [0.717, 1.165) is 50.1 Å². The summed E-state index contributed by atoms with van der Waals surface area (Å²) in [5.41, 5.74) is 1.24. The highest BCUT2D eigenvalue weighted by Gasteiger charge is 2.34. The number of piperidine rings is 1. The third kappa shape index (κ3) is 7.45. The van der Waals surface area contributed by atoms with Gasteiger partial charge in [0.2, 0.25) is 0 Å². The number of likely N-dealkylation sites (tertiary alicyclic amines) is 1. The second-order valence-corrected chi connectivity index (χ2v) is 9.17. The molecule has 0 amide bonds. The predicted octanol–water partition coefficient (Wildman–Crippen LogP) is 3.69. The highest BCUT2D eigenvalue weighted by molar-refractivity contribution is 14.0. The monoisotopic (exact) mass is 564 g/mol. The van der Waals surface area contributed by atoms with Crippen molar-refractivity contribution in [3.63, 3.8) is 0 Å². The SMILES string of the molecule is CCNC(=NCC1(CCO)CCOC1)NCC1CCCN(C)C1c1cccc(Cl)c1.I. The van der Waals surface area contributed by atoms with Gasteiger partial charge in [-0.25, -0.2) is 0 Å². The van der Waals surface area contributed by atoms with Crippen molar-refractivity contribution in [1.82, 2.24) is 15.5 Å². The molecule has 3 rings (SSSR count). The number of ether oxygens (including phenoxy) is 1. The number of nitrogens with zero attached hydrogens (tertiary/aromatic N) is 2. The molecule has 176 valence electrons. The molecule has 2 aliphatic heterocycles. The fourth-order valence-electron chi connectivity index (χ4n) is 4.79. The van der Waals surface area contributed by atoms with Crippen molar-refractivity contribution in [2.75, 3.05) is 53.0 Å². The van der Waals surface area contributed by atoms with Crippen molar-refractivity contribution in [3.8, 4) is 0 Å². The first-order chi connectivity index (χ1) is 14.6. The summed E-state index contributed by atoms with van der Waals surface area (Å²) in [7, 11) is 2.20. The number of nitrogens with one attached hydrogen (secondary N) is 2. The van der Waals surface area contributed by atoms with Crippen LogP contribution in [0.2, 0.25) is 5.02 Å². The topological polar surface area (TPSA) is 69.1 Å². The molecule has 1 aromatic rings. The molecule has 6 nitrogen and oxygen atoms in total. The first-order valence-electron chi connectivity index (χ1n) is 11.2. The highest BCUT2D eigenvalue weighted by atomic mass is 127. The normalized spacial score (nSPS) is 27.0. The number of aliphatic hydroxyl groups excluding tert-OH is 1. The smallest absolute Gasteiger partial charge is 0.191 e. The number of hydrogen-bond acceptors (Lipinski definition) is 4. The number of guanidine groups is 1. The summed E-state index contributed by atoms with van der Waals surface area (Å²) in [6.07, 6.45) is 4.07. The Kier molecular flexibility index (Phi) is 11.3. The average molecular weight is 565 g/mol. The maximum atomic E-state index is 9.47. The van der Waals surface area contributed by atoms with E-state index >= 15 is 0 Å². The van der Waals surface area contributed by atoms with E-state index in [2.05, 4.69) is 41.6 Å². The van der Waals surface area contributed by atoms with Crippen LogP contribution >= 0.6 is 35.6 Å². The first kappa shape index (κ1) is 26.6. The lowest BCUT2D eigenvalue weighted by Gasteiger charge is -2.40. The van der Waals surface area contributed by atoms with Gasteiger partial charge in [0.25, 0.3) is 0 Å². The van der Waals surface area contributed by atoms with E-state index in [1.165, 1.54) is 18.4 Å². The van der Waals surface area contributed by atoms with Gasteiger partial charge in [0, 0.05) is 42.8 Å². The van der Waals surface area contributed by atoms with Crippen molar-refractivity contribution < 1.29 is 9.84 Å². The number of halogens is 2. The third-order valence-electron chi connectivity index (χ3n) is 6.47. The number of rotatable bonds is 8. The van der Waals surface area contributed by atoms with E-state index < -0.39 is 0 Å². The standard InChI is InChI=1S/C23H37ClN4O2.HI/c1-3-25-22(27-16-23(9-12-29)10-13-30-17-23)26-15-19-7-5-11-28(2)21(19)18-6-4-8-20(24)14-18;/h4,6,8,14,19,21,29H,3,5,7,9-13,15-17H2,1-2H3,(H2,25,26,27);1H. The van der Waals surface area contributed by atoms with Gasteiger partial charge in [-0.05, 0) is 69.8 Å². The van der Waals surface area contributed by atoms with Crippen LogP contribution in [0.25, 0.3) is 0 Å². The van der Waals surface area contributed by atoms with E-state index in [1.54, 1.807) is 0 Å². The van der Waals surface area contributed by atoms with Gasteiger partial charge in [0.1, 0.15) is 0 Å². The van der Waals surface area contributed by atoms with Crippen LogP contribution in [0.15, 0.2) is 29.3 Å². The van der Waals surface area contributed by atoms with E-state index in [9.17, 15) is 5.11 Å². The Hall–Kier alpha value is -0.610. The molecule has 31 heavy (non-hydrogen) atoms. The third-order valence-corrected chi connectivity index (χ3v) is 6.71. The fourth-order valence-corrected chi connectivity index (χ4v) is 4.99. The Balaban J connectivity index is 0.00000341. The molecule has 3 atom stereocenters. The lowest BCUT2D eigenvalue weighted by molar-refractivity contribution is 0.122. The number of aliphatic hydroxyl groups is 1. The second kappa shape index (κ2) is 13.2. The lowest BCUT2D eigenvalue weighted by Crippen LogP contribution is -2.45. The molecule has 3 N–H and O–H groups in total. The minimum atomic E-state index is -0.0362. The molecule has 0 radical (unpaired) electrons. The predicted molar refractivity (Wildman–Crippen MR) is 139 cm³/mol. The number of aliphatic imine (C=N–C) groups is 1. The molecule has 2 fully saturated rings. The van der Waals surface area contributed by atoms with E-state index in [-0.39, 0.29) is 36.0 Å². The summed E-state index contributed by atoms with van der Waals surface area (Å²) < 4.78 is 5.61. The molecule has 2 heterocycles. The lowest BCUT2D eigenvalue weighted by atomic mass is 9.84. The van der Waals surface area contributed by atoms with Gasteiger partial charge in [-0.2, -0.15) is 0 Å². The summed E-state index contributed by atoms with van der Waals surface area (Å²) in [4.78, 5) is 7.31. The van der Waals surface area contributed by atoms with Gasteiger partial charge in [0.05, 0.1) is 13.2 Å². The van der Waals surface area contributed by atoms with Gasteiger partial charge >= 0.3 is 0 Å². The minimum Gasteiger partial charge on any atom is -0.396 e. The number of hydrogen-bond donors (Lipinski definition) is 3. The van der Waals surface area contributed by atoms with Crippen molar-refractivity contribution in [2.45, 2.75) is 38.6 Å². The van der Waals surface area contributed by atoms with Crippen LogP contribution in [-0.2, 0) is 4.74 Å². The average Bonchev–Trinajstić information content (AvgIpc) is 3.19. The first-order valence-corrected chi connectivity index (χ1v) is 11.6. The summed E-state index contributed by atoms with van der Waals surface area (Å²) in [5, 5.41) is 17.2. The van der Waals surface area contributed by atoms with Crippen LogP contribution in [0.1, 0.15) is 44.2 Å². The van der Waals surface area contributed by atoms with Crippen LogP contribution < -0.4 is 10.6 Å². The van der Waals surface area contributed by atoms with Crippen LogP contribution in [0, 0.1) is 11.3 Å². The van der Waals surface area contributed by atoms with Crippen LogP contribution in [-0.4, -0.2) is 69.0 Å². The Morgan fingerprint density at radius 2 is 2.23 bits per heavy atom. The van der Waals surface area contributed by atoms with Crippen molar-refractivity contribution in [3.05, 3.63) is 34.9 Å². The van der Waals surface area contributed by atoms with Crippen molar-refractivity contribution in [1.29, 1.82) is 0 Å². The Morgan fingerprint density at radius 3 is 2.90 bits per heavy atom. The minimum absolute atomic E-state index is 0. The zero-order valence-electron chi connectivity index (χ0n) is 18.8. The maximum absolute atomic E-state index is 9.47. The zero-order chi connectivity index (χ0) is 21.4. The Bertz CT molecular complexity index is 700. The fraction of sp³-hybridized carbons (Fsp3) is 0.696. The van der Waals surface area contributed by atoms with Gasteiger partial charge in [-0.15, -0.1) is 24.0 Å². The van der Waals surface area contributed by atoms with E-state index in [4.69, 9.17) is 21.3 Å². The number of benzene rings is 1. The Labute approximate surface area is 209 Å². The van der Waals surface area contributed by atoms with Gasteiger partial charge in [-0.3, -0.25) is 9.89 Å². The summed E-state index contributed by atoms with van der Waals surface area (Å²) in [6.45, 7) is 7.15. The molecule has 0 spiro atoms. The van der Waals surface area contributed by atoms with Crippen molar-refractivity contribution >= 4 is 41.5 Å². The molecule has 3 unspecified atom stereocenters. The molecule has 0 aliphatic carbocycles. The molecular formula is C23H38ClIN4O2. The summed E-state index contributed by atoms with van der Waals surface area (Å²) in [6, 6.07) is 8.60. The highest BCUT2D eigenvalue weighted by Crippen LogP contribution is 2.36. The molecule has 0 saturated carbocycles. The molecular weight excluding hydrogens is 527 g/mol. The van der Waals surface area contributed by atoms with Crippen LogP contribution in [0.3, 0.4) is 0 Å². The van der Waals surface area contributed by atoms with Gasteiger partial charge in [-0.1, -0.05) is 23.7 Å². The molecule has 2 aliphatic rings.